The summed E-state index contributed by atoms with van der Waals surface area (Å²) in [6, 6.07) is 8.08. The van der Waals surface area contributed by atoms with Gasteiger partial charge >= 0.3 is 0 Å². The molecule has 0 bridgehead atoms. The van der Waals surface area contributed by atoms with Gasteiger partial charge in [-0.15, -0.1) is 0 Å². The minimum Gasteiger partial charge on any atom is -0.352 e. The molecule has 0 heterocycles. The third-order valence-electron chi connectivity index (χ3n) is 2.47. The van der Waals surface area contributed by atoms with Gasteiger partial charge in [0.2, 0.25) is 0 Å². The lowest BCUT2D eigenvalue weighted by Gasteiger charge is -2.31. The summed E-state index contributed by atoms with van der Waals surface area (Å²) in [4.78, 5) is 9.31. The van der Waals surface area contributed by atoms with Gasteiger partial charge in [-0.1, -0.05) is 12.1 Å². The second kappa shape index (κ2) is 6.56. The first-order valence-corrected chi connectivity index (χ1v) is 5.60. The van der Waals surface area contributed by atoms with E-state index < -0.39 is 0 Å². The van der Waals surface area contributed by atoms with Crippen LogP contribution in [0.15, 0.2) is 24.3 Å². The summed E-state index contributed by atoms with van der Waals surface area (Å²) in [5.41, 5.74) is 3.84. The van der Waals surface area contributed by atoms with E-state index in [-0.39, 0.29) is 6.29 Å². The number of nitrogens with zero attached hydrogens (tertiary/aromatic N) is 2. The molecule has 1 aromatic rings. The number of nitrogens with one attached hydrogen (secondary N) is 1. The zero-order chi connectivity index (χ0) is 12.8. The lowest BCUT2D eigenvalue weighted by Crippen LogP contribution is -2.76. The number of para-hydroxylation sites is 1. The SMILES string of the molecule is CO[NH2+]c1ccccc1NC(N(C)C)N(C)C. The Morgan fingerprint density at radius 1 is 1.12 bits per heavy atom. The van der Waals surface area contributed by atoms with Crippen LogP contribution in [0.25, 0.3) is 0 Å². The highest BCUT2D eigenvalue weighted by Crippen LogP contribution is 2.17. The van der Waals surface area contributed by atoms with Crippen LogP contribution < -0.4 is 10.8 Å². The Kier molecular flexibility index (Phi) is 5.37. The van der Waals surface area contributed by atoms with Gasteiger partial charge in [-0.2, -0.15) is 5.48 Å². The molecule has 17 heavy (non-hydrogen) atoms. The van der Waals surface area contributed by atoms with Crippen LogP contribution >= 0.6 is 0 Å². The Hall–Kier alpha value is -1.14. The van der Waals surface area contributed by atoms with Gasteiger partial charge in [0.05, 0.1) is 7.11 Å². The smallest absolute Gasteiger partial charge is 0.185 e. The molecule has 5 nitrogen and oxygen atoms in total. The first kappa shape index (κ1) is 13.9. The average molecular weight is 239 g/mol. The fourth-order valence-corrected chi connectivity index (χ4v) is 1.72. The topological polar surface area (TPSA) is 44.4 Å². The normalized spacial score (nSPS) is 11.5. The van der Waals surface area contributed by atoms with Crippen molar-refractivity contribution in [2.45, 2.75) is 6.29 Å². The van der Waals surface area contributed by atoms with Crippen molar-refractivity contribution < 1.29 is 10.3 Å². The van der Waals surface area contributed by atoms with E-state index in [0.717, 1.165) is 11.4 Å². The van der Waals surface area contributed by atoms with E-state index in [9.17, 15) is 0 Å². The monoisotopic (exact) mass is 239 g/mol. The molecule has 0 radical (unpaired) electrons. The fourth-order valence-electron chi connectivity index (χ4n) is 1.72. The van der Waals surface area contributed by atoms with Gasteiger partial charge in [-0.3, -0.25) is 9.80 Å². The van der Waals surface area contributed by atoms with E-state index in [1.54, 1.807) is 12.6 Å². The van der Waals surface area contributed by atoms with E-state index in [4.69, 9.17) is 4.84 Å². The van der Waals surface area contributed by atoms with Gasteiger partial charge in [0, 0.05) is 6.07 Å². The number of nitrogens with two attached hydrogens (primary N) is 1. The van der Waals surface area contributed by atoms with E-state index in [2.05, 4.69) is 15.1 Å². The predicted molar refractivity (Wildman–Crippen MR) is 69.8 cm³/mol. The third-order valence-corrected chi connectivity index (χ3v) is 2.47. The number of hydrogen-bond acceptors (Lipinski definition) is 4. The number of benzene rings is 1. The van der Waals surface area contributed by atoms with Crippen LogP contribution in [0.5, 0.6) is 0 Å². The highest BCUT2D eigenvalue weighted by Gasteiger charge is 2.16. The number of anilines is 1. The van der Waals surface area contributed by atoms with Gasteiger partial charge < -0.3 is 5.32 Å². The summed E-state index contributed by atoms with van der Waals surface area (Å²) in [6.07, 6.45) is 0.140. The molecule has 0 aromatic heterocycles. The van der Waals surface area contributed by atoms with Crippen LogP contribution in [0.3, 0.4) is 0 Å². The molecule has 0 spiro atoms. The van der Waals surface area contributed by atoms with E-state index in [1.807, 2.05) is 52.5 Å². The number of hydrogen-bond donors (Lipinski definition) is 2. The quantitative estimate of drug-likeness (QED) is 0.425. The molecular weight excluding hydrogens is 216 g/mol. The minimum atomic E-state index is 0.140. The summed E-state index contributed by atoms with van der Waals surface area (Å²) in [7, 11) is 9.83. The van der Waals surface area contributed by atoms with Crippen LogP contribution in [0.1, 0.15) is 0 Å². The lowest BCUT2D eigenvalue weighted by atomic mass is 10.2. The number of rotatable bonds is 6. The van der Waals surface area contributed by atoms with Crippen molar-refractivity contribution in [1.82, 2.24) is 9.80 Å². The lowest BCUT2D eigenvalue weighted by molar-refractivity contribution is -0.829. The van der Waals surface area contributed by atoms with Crippen LogP contribution in [-0.2, 0) is 4.84 Å². The zero-order valence-electron chi connectivity index (χ0n) is 11.3. The molecule has 0 aliphatic carbocycles. The Balaban J connectivity index is 2.85. The van der Waals surface area contributed by atoms with Crippen LogP contribution in [0, 0.1) is 0 Å². The first-order chi connectivity index (χ1) is 8.06. The Bertz CT molecular complexity index is 333. The summed E-state index contributed by atoms with van der Waals surface area (Å²) < 4.78 is 0. The van der Waals surface area contributed by atoms with Gasteiger partial charge in [0.15, 0.2) is 5.69 Å². The van der Waals surface area contributed by atoms with Crippen molar-refractivity contribution in [2.24, 2.45) is 0 Å². The van der Waals surface area contributed by atoms with Crippen molar-refractivity contribution in [1.29, 1.82) is 0 Å². The van der Waals surface area contributed by atoms with E-state index >= 15 is 0 Å². The molecule has 0 fully saturated rings. The Morgan fingerprint density at radius 2 is 1.71 bits per heavy atom. The number of quaternary nitrogens is 1. The fraction of sp³-hybridized carbons (Fsp3) is 0.500. The highest BCUT2D eigenvalue weighted by atomic mass is 16.6. The largest absolute Gasteiger partial charge is 0.352 e. The minimum absolute atomic E-state index is 0.140. The van der Waals surface area contributed by atoms with Crippen molar-refractivity contribution in [3.8, 4) is 0 Å². The maximum Gasteiger partial charge on any atom is 0.185 e. The van der Waals surface area contributed by atoms with E-state index in [1.165, 1.54) is 0 Å². The van der Waals surface area contributed by atoms with Crippen molar-refractivity contribution in [3.63, 3.8) is 0 Å². The Morgan fingerprint density at radius 3 is 2.24 bits per heavy atom. The van der Waals surface area contributed by atoms with Crippen LogP contribution in [0.2, 0.25) is 0 Å². The van der Waals surface area contributed by atoms with Gasteiger partial charge in [0.25, 0.3) is 0 Å². The second-order valence-electron chi connectivity index (χ2n) is 4.39. The molecule has 0 aliphatic rings. The van der Waals surface area contributed by atoms with Crippen LogP contribution in [0.4, 0.5) is 11.4 Å². The summed E-state index contributed by atoms with van der Waals surface area (Å²) in [5, 5.41) is 3.47. The molecule has 0 unspecified atom stereocenters. The molecule has 0 saturated carbocycles. The second-order valence-corrected chi connectivity index (χ2v) is 4.39. The molecule has 0 atom stereocenters. The van der Waals surface area contributed by atoms with Crippen molar-refractivity contribution in [2.75, 3.05) is 40.6 Å². The molecule has 5 heteroatoms. The molecule has 0 aliphatic heterocycles. The van der Waals surface area contributed by atoms with Gasteiger partial charge in [-0.25, -0.2) is 4.84 Å². The average Bonchev–Trinajstić information content (AvgIpc) is 2.27. The van der Waals surface area contributed by atoms with Crippen molar-refractivity contribution in [3.05, 3.63) is 24.3 Å². The van der Waals surface area contributed by atoms with E-state index in [0.29, 0.717) is 0 Å². The first-order valence-electron chi connectivity index (χ1n) is 5.60. The predicted octanol–water partition coefficient (Wildman–Crippen LogP) is 0.262. The molecule has 1 rings (SSSR count). The third kappa shape index (κ3) is 3.98. The highest BCUT2D eigenvalue weighted by molar-refractivity contribution is 5.60. The summed E-state index contributed by atoms with van der Waals surface area (Å²) in [6.45, 7) is 0. The summed E-state index contributed by atoms with van der Waals surface area (Å²) in [5.74, 6) is 0. The zero-order valence-corrected chi connectivity index (χ0v) is 11.3. The summed E-state index contributed by atoms with van der Waals surface area (Å²) >= 11 is 0. The molecule has 0 saturated heterocycles. The van der Waals surface area contributed by atoms with Gasteiger partial charge in [-0.05, 0) is 34.3 Å². The molecule has 1 aromatic carbocycles. The van der Waals surface area contributed by atoms with Crippen LogP contribution in [-0.4, -0.2) is 51.4 Å². The Labute approximate surface area is 103 Å². The molecule has 3 N–H and O–H groups in total. The maximum absolute atomic E-state index is 5.08. The van der Waals surface area contributed by atoms with Gasteiger partial charge in [0.1, 0.15) is 12.0 Å². The van der Waals surface area contributed by atoms with Crippen molar-refractivity contribution >= 4 is 11.4 Å². The molecule has 0 amide bonds. The maximum atomic E-state index is 5.08. The molecular formula is C12H23N4O+. The molecule has 96 valence electrons. The standard InChI is InChI=1S/C12H22N4O/c1-15(2)12(16(3)4)13-10-8-6-7-9-11(10)14-17-5/h6-9,12-14H,1-5H3/p+1.